The van der Waals surface area contributed by atoms with Gasteiger partial charge in [-0.25, -0.2) is 4.79 Å². The number of nitrogens with two attached hydrogens (primary N) is 1. The minimum atomic E-state index is -1.32. The highest BCUT2D eigenvalue weighted by molar-refractivity contribution is 5.86. The highest BCUT2D eigenvalue weighted by Gasteiger charge is 2.16. The van der Waals surface area contributed by atoms with Gasteiger partial charge in [0.05, 0.1) is 6.54 Å². The Bertz CT molecular complexity index is 381. The predicted molar refractivity (Wildman–Crippen MR) is 63.0 cm³/mol. The molecular formula is C10H15N3O6. The molecule has 2 atom stereocenters. The summed E-state index contributed by atoms with van der Waals surface area (Å²) in [6, 6.07) is -2.46. The van der Waals surface area contributed by atoms with E-state index in [-0.39, 0.29) is 13.0 Å². The first-order chi connectivity index (χ1) is 8.88. The van der Waals surface area contributed by atoms with Crippen molar-refractivity contribution in [2.75, 3.05) is 6.54 Å². The number of amides is 2. The van der Waals surface area contributed by atoms with Crippen molar-refractivity contribution < 1.29 is 29.4 Å². The lowest BCUT2D eigenvalue weighted by Gasteiger charge is -2.10. The van der Waals surface area contributed by atoms with E-state index < -0.39 is 29.9 Å². The number of hydrogen-bond acceptors (Lipinski definition) is 5. The molecule has 0 rings (SSSR count). The Morgan fingerprint density at radius 3 is 2.32 bits per heavy atom. The minimum absolute atomic E-state index is 0.0679. The molecule has 0 saturated heterocycles. The van der Waals surface area contributed by atoms with Crippen LogP contribution in [0.2, 0.25) is 0 Å². The van der Waals surface area contributed by atoms with Gasteiger partial charge in [-0.3, -0.25) is 14.4 Å². The molecule has 0 aliphatic heterocycles. The van der Waals surface area contributed by atoms with Crippen LogP contribution >= 0.6 is 0 Å². The van der Waals surface area contributed by atoms with Gasteiger partial charge in [0.25, 0.3) is 0 Å². The Labute approximate surface area is 108 Å². The van der Waals surface area contributed by atoms with E-state index in [1.807, 2.05) is 0 Å². The van der Waals surface area contributed by atoms with Gasteiger partial charge in [-0.1, -0.05) is 12.2 Å². The number of carboxylic acid groups (broad SMARTS) is 2. The first-order valence-corrected chi connectivity index (χ1v) is 5.22. The van der Waals surface area contributed by atoms with E-state index in [0.29, 0.717) is 6.41 Å². The first-order valence-electron chi connectivity index (χ1n) is 5.22. The number of aliphatic carboxylic acids is 2. The second kappa shape index (κ2) is 8.64. The van der Waals surface area contributed by atoms with E-state index in [4.69, 9.17) is 15.9 Å². The maximum atomic E-state index is 11.2. The van der Waals surface area contributed by atoms with Crippen LogP contribution in [0.5, 0.6) is 0 Å². The molecule has 2 amide bonds. The highest BCUT2D eigenvalue weighted by Crippen LogP contribution is 1.94. The van der Waals surface area contributed by atoms with E-state index in [9.17, 15) is 19.2 Å². The van der Waals surface area contributed by atoms with Gasteiger partial charge in [0, 0.05) is 0 Å². The van der Waals surface area contributed by atoms with Gasteiger partial charge in [-0.05, 0) is 6.42 Å². The number of rotatable bonds is 9. The Morgan fingerprint density at radius 2 is 1.84 bits per heavy atom. The predicted octanol–water partition coefficient (Wildman–Crippen LogP) is -2.34. The first kappa shape index (κ1) is 16.6. The SMILES string of the molecule is NC(CC=CC(NC(=O)CNC=O)C(=O)O)C(=O)O. The summed E-state index contributed by atoms with van der Waals surface area (Å²) in [5.74, 6) is -3.22. The van der Waals surface area contributed by atoms with Crippen molar-refractivity contribution in [1.82, 2.24) is 10.6 Å². The van der Waals surface area contributed by atoms with Crippen LogP contribution in [0.1, 0.15) is 6.42 Å². The van der Waals surface area contributed by atoms with Crippen molar-refractivity contribution in [3.05, 3.63) is 12.2 Å². The van der Waals surface area contributed by atoms with Gasteiger partial charge in [0.15, 0.2) is 0 Å². The second-order valence-corrected chi connectivity index (χ2v) is 3.49. The fourth-order valence-corrected chi connectivity index (χ4v) is 1.01. The maximum Gasteiger partial charge on any atom is 0.330 e. The van der Waals surface area contributed by atoms with Gasteiger partial charge in [0.1, 0.15) is 12.1 Å². The van der Waals surface area contributed by atoms with Crippen LogP contribution in [-0.2, 0) is 19.2 Å². The third-order valence-corrected chi connectivity index (χ3v) is 1.96. The lowest BCUT2D eigenvalue weighted by molar-refractivity contribution is -0.140. The van der Waals surface area contributed by atoms with Crippen molar-refractivity contribution in [2.24, 2.45) is 5.73 Å². The quantitative estimate of drug-likeness (QED) is 0.232. The van der Waals surface area contributed by atoms with Crippen LogP contribution in [0.3, 0.4) is 0 Å². The highest BCUT2D eigenvalue weighted by atomic mass is 16.4. The molecule has 0 heterocycles. The summed E-state index contributed by atoms with van der Waals surface area (Å²) >= 11 is 0. The molecule has 6 N–H and O–H groups in total. The molecule has 0 radical (unpaired) electrons. The largest absolute Gasteiger partial charge is 0.480 e. The molecule has 19 heavy (non-hydrogen) atoms. The van der Waals surface area contributed by atoms with Gasteiger partial charge >= 0.3 is 11.9 Å². The Hall–Kier alpha value is -2.42. The second-order valence-electron chi connectivity index (χ2n) is 3.49. The number of carbonyl (C=O) groups excluding carboxylic acids is 2. The number of carbonyl (C=O) groups is 4. The smallest absolute Gasteiger partial charge is 0.330 e. The minimum Gasteiger partial charge on any atom is -0.480 e. The summed E-state index contributed by atoms with van der Waals surface area (Å²) in [6.07, 6.45) is 2.60. The summed E-state index contributed by atoms with van der Waals surface area (Å²) < 4.78 is 0. The molecule has 106 valence electrons. The van der Waals surface area contributed by atoms with Gasteiger partial charge < -0.3 is 26.6 Å². The summed E-state index contributed by atoms with van der Waals surface area (Å²) in [4.78, 5) is 42.4. The Kier molecular flexibility index (Phi) is 7.54. The van der Waals surface area contributed by atoms with E-state index in [0.717, 1.165) is 6.08 Å². The van der Waals surface area contributed by atoms with E-state index in [1.165, 1.54) is 6.08 Å². The topological polar surface area (TPSA) is 159 Å². The van der Waals surface area contributed by atoms with Gasteiger partial charge in [-0.15, -0.1) is 0 Å². The van der Waals surface area contributed by atoms with Crippen molar-refractivity contribution in [3.8, 4) is 0 Å². The van der Waals surface area contributed by atoms with Crippen LogP contribution in [0.4, 0.5) is 0 Å². The Morgan fingerprint density at radius 1 is 1.21 bits per heavy atom. The van der Waals surface area contributed by atoms with Crippen LogP contribution in [0.25, 0.3) is 0 Å². The van der Waals surface area contributed by atoms with Crippen molar-refractivity contribution >= 4 is 24.3 Å². The molecule has 0 saturated carbocycles. The molecule has 0 bridgehead atoms. The third kappa shape index (κ3) is 7.49. The summed E-state index contributed by atoms with van der Waals surface area (Å²) in [7, 11) is 0. The molecule has 9 heteroatoms. The summed E-state index contributed by atoms with van der Waals surface area (Å²) in [5, 5.41) is 21.5. The van der Waals surface area contributed by atoms with Crippen LogP contribution in [-0.4, -0.2) is 53.1 Å². The molecule has 0 spiro atoms. The summed E-state index contributed by atoms with van der Waals surface area (Å²) in [5.41, 5.74) is 5.21. The zero-order valence-corrected chi connectivity index (χ0v) is 9.91. The monoisotopic (exact) mass is 273 g/mol. The van der Waals surface area contributed by atoms with Gasteiger partial charge in [-0.2, -0.15) is 0 Å². The zero-order valence-electron chi connectivity index (χ0n) is 9.91. The molecule has 0 aromatic carbocycles. The lowest BCUT2D eigenvalue weighted by Crippen LogP contribution is -2.43. The molecular weight excluding hydrogens is 258 g/mol. The number of carboxylic acids is 2. The molecule has 2 unspecified atom stereocenters. The third-order valence-electron chi connectivity index (χ3n) is 1.96. The molecule has 0 aromatic heterocycles. The molecule has 0 aliphatic carbocycles. The Balaban J connectivity index is 4.37. The average Bonchev–Trinajstić information content (AvgIpc) is 2.34. The lowest BCUT2D eigenvalue weighted by atomic mass is 10.2. The zero-order chi connectivity index (χ0) is 14.8. The average molecular weight is 273 g/mol. The van der Waals surface area contributed by atoms with Crippen molar-refractivity contribution in [2.45, 2.75) is 18.5 Å². The fourth-order valence-electron chi connectivity index (χ4n) is 1.01. The maximum absolute atomic E-state index is 11.2. The van der Waals surface area contributed by atoms with E-state index in [2.05, 4.69) is 10.6 Å². The van der Waals surface area contributed by atoms with E-state index in [1.54, 1.807) is 0 Å². The van der Waals surface area contributed by atoms with Crippen molar-refractivity contribution in [3.63, 3.8) is 0 Å². The molecule has 0 aliphatic rings. The van der Waals surface area contributed by atoms with Gasteiger partial charge in [0.2, 0.25) is 12.3 Å². The normalized spacial score (nSPS) is 13.5. The molecule has 9 nitrogen and oxygen atoms in total. The van der Waals surface area contributed by atoms with Crippen LogP contribution < -0.4 is 16.4 Å². The molecule has 0 aromatic rings. The van der Waals surface area contributed by atoms with Crippen LogP contribution in [0.15, 0.2) is 12.2 Å². The van der Waals surface area contributed by atoms with E-state index >= 15 is 0 Å². The van der Waals surface area contributed by atoms with Crippen LogP contribution in [0, 0.1) is 0 Å². The van der Waals surface area contributed by atoms with Crippen molar-refractivity contribution in [1.29, 1.82) is 0 Å². The number of hydrogen-bond donors (Lipinski definition) is 5. The summed E-state index contributed by atoms with van der Waals surface area (Å²) in [6.45, 7) is -0.351. The molecule has 0 fully saturated rings. The fraction of sp³-hybridized carbons (Fsp3) is 0.400. The standard InChI is InChI=1S/C10H15N3O6/c11-6(9(16)17)2-1-3-7(10(18)19)13-8(15)4-12-5-14/h1,3,5-7H,2,4,11H2,(H,12,14)(H,13,15)(H,16,17)(H,18,19). The number of nitrogens with one attached hydrogen (secondary N) is 2.